The number of nitrogens with zero attached hydrogens (tertiary/aromatic N) is 16. The van der Waals surface area contributed by atoms with E-state index in [1.807, 2.05) is 72.8 Å². The molecule has 2 aromatic heterocycles. The van der Waals surface area contributed by atoms with Gasteiger partial charge in [-0.1, -0.05) is 12.1 Å². The number of azo groups is 1. The largest absolute Gasteiger partial charge is 0.488 e. The molecule has 6 fully saturated rings. The Morgan fingerprint density at radius 1 is 0.470 bits per heavy atom. The number of carbonyl (C=O) groups is 4. The quantitative estimate of drug-likeness (QED) is 0.0350. The Kier molecular flexibility index (Phi) is 18.7. The Morgan fingerprint density at radius 3 is 1.11 bits per heavy atom. The lowest BCUT2D eigenvalue weighted by Gasteiger charge is -2.37. The zero-order chi connectivity index (χ0) is 69.4. The summed E-state index contributed by atoms with van der Waals surface area (Å²) in [5.74, 6) is -3.09. The van der Waals surface area contributed by atoms with Crippen molar-refractivity contribution in [1.29, 1.82) is 0 Å². The van der Waals surface area contributed by atoms with Crippen LogP contribution >= 0.6 is 0 Å². The van der Waals surface area contributed by atoms with E-state index in [2.05, 4.69) is 50.0 Å². The van der Waals surface area contributed by atoms with Gasteiger partial charge >= 0.3 is 12.1 Å². The number of aromatic nitrogens is 6. The van der Waals surface area contributed by atoms with Gasteiger partial charge in [-0.2, -0.15) is 20.4 Å². The molecule has 0 N–H and O–H groups in total. The maximum Gasteiger partial charge on any atom is 0.333 e. The fourth-order valence-electron chi connectivity index (χ4n) is 13.6. The zero-order valence-corrected chi connectivity index (χ0v) is 55.1. The van der Waals surface area contributed by atoms with Gasteiger partial charge in [-0.15, -0.1) is 0 Å². The van der Waals surface area contributed by atoms with Crippen molar-refractivity contribution in [1.82, 2.24) is 39.3 Å². The first-order valence-electron chi connectivity index (χ1n) is 32.9. The topological polar surface area (TPSA) is 236 Å². The van der Waals surface area contributed by atoms with Crippen molar-refractivity contribution in [3.05, 3.63) is 193 Å². The van der Waals surface area contributed by atoms with E-state index in [0.29, 0.717) is 75.2 Å². The summed E-state index contributed by atoms with van der Waals surface area (Å²) in [5, 5.41) is 17.1. The molecule has 8 heterocycles. The van der Waals surface area contributed by atoms with Gasteiger partial charge in [-0.05, 0) is 137 Å². The third-order valence-electron chi connectivity index (χ3n) is 18.6. The van der Waals surface area contributed by atoms with Crippen molar-refractivity contribution >= 4 is 58.0 Å². The van der Waals surface area contributed by atoms with Crippen molar-refractivity contribution in [3.8, 4) is 11.5 Å². The Bertz CT molecular complexity index is 3990. The highest BCUT2D eigenvalue weighted by molar-refractivity contribution is 6.22. The van der Waals surface area contributed by atoms with Crippen LogP contribution in [0, 0.1) is 23.3 Å². The van der Waals surface area contributed by atoms with E-state index < -0.39 is 95.3 Å². The van der Waals surface area contributed by atoms with Gasteiger partial charge in [0, 0.05) is 110 Å². The van der Waals surface area contributed by atoms with E-state index >= 15 is 8.78 Å². The molecule has 6 amide bonds. The molecule has 30 heteroatoms. The third-order valence-corrected chi connectivity index (χ3v) is 18.6. The normalized spacial score (nSPS) is 22.9. The first-order chi connectivity index (χ1) is 48.4. The minimum absolute atomic E-state index is 0.00811. The summed E-state index contributed by atoms with van der Waals surface area (Å²) in [6, 6.07) is 34.1. The van der Waals surface area contributed by atoms with Crippen molar-refractivity contribution in [2.24, 2.45) is 10.2 Å². The number of amides is 6. The van der Waals surface area contributed by atoms with E-state index in [1.54, 1.807) is 52.0 Å². The monoisotopic (exact) mass is 1370 g/mol. The molecule has 8 aromatic rings. The zero-order valence-electron chi connectivity index (χ0n) is 55.1. The second-order valence-electron chi connectivity index (χ2n) is 25.6. The second-order valence-corrected chi connectivity index (χ2v) is 25.6. The Hall–Kier alpha value is -10.6. The van der Waals surface area contributed by atoms with Gasteiger partial charge in [0.05, 0.1) is 37.7 Å². The summed E-state index contributed by atoms with van der Waals surface area (Å²) < 4.78 is 97.6. The second kappa shape index (κ2) is 28.0. The molecule has 0 aliphatic carbocycles. The van der Waals surface area contributed by atoms with Gasteiger partial charge in [0.25, 0.3) is 11.8 Å². The average molecular weight is 1370 g/mol. The molecule has 6 saturated heterocycles. The number of benzene rings is 6. The number of ether oxygens (including phenoxy) is 6. The average Bonchev–Trinajstić information content (AvgIpc) is 1.61. The number of piperazine rings is 2. The molecule has 520 valence electrons. The van der Waals surface area contributed by atoms with Gasteiger partial charge in [-0.25, -0.2) is 56.3 Å². The summed E-state index contributed by atoms with van der Waals surface area (Å²) in [7, 11) is 0. The molecule has 14 rings (SSSR count). The lowest BCUT2D eigenvalue weighted by atomic mass is 9.94. The molecule has 0 radical (unpaired) electrons. The molecule has 100 heavy (non-hydrogen) atoms. The lowest BCUT2D eigenvalue weighted by molar-refractivity contribution is -0.121. The molecule has 2 unspecified atom stereocenters. The SMILES string of the molecule is CC(C)N1C(=O)N(c2ccc(N3CCN(c4ccc(OC[C@H]5OC[C@](Cn6cncn6)(c6ccc(F)cc6F)O5)cc4)CC3)cc2)C(=O)C1/N=N/C1C(=O)N(c2ccc(N3CCN(c4ccc(OC[C@H]5OC[C@](Cn6cncn6)(c6ccc(F)cc6F)O5)cc4)CC3)cc2)C(=O)N1C(C)C. The highest BCUT2D eigenvalue weighted by Gasteiger charge is 2.52. The molecule has 26 nitrogen and oxygen atoms in total. The number of imide groups is 2. The summed E-state index contributed by atoms with van der Waals surface area (Å²) in [5.41, 5.74) is 2.14. The minimum atomic E-state index is -1.40. The highest BCUT2D eigenvalue weighted by Crippen LogP contribution is 2.41. The molecule has 6 aromatic carbocycles. The van der Waals surface area contributed by atoms with Crippen LogP contribution in [0.5, 0.6) is 11.5 Å². The number of urea groups is 2. The minimum Gasteiger partial charge on any atom is -0.488 e. The van der Waals surface area contributed by atoms with Crippen LogP contribution < -0.4 is 38.9 Å². The number of hydrogen-bond donors (Lipinski definition) is 0. The van der Waals surface area contributed by atoms with Crippen LogP contribution in [-0.2, 0) is 52.8 Å². The van der Waals surface area contributed by atoms with E-state index in [1.165, 1.54) is 68.7 Å². The third kappa shape index (κ3) is 13.4. The molecular weight excluding hydrogens is 1300 g/mol. The predicted molar refractivity (Wildman–Crippen MR) is 356 cm³/mol. The number of halogens is 4. The van der Waals surface area contributed by atoms with Gasteiger partial charge in [0.2, 0.25) is 12.3 Å². The number of anilines is 6. The predicted octanol–water partition coefficient (Wildman–Crippen LogP) is 8.93. The summed E-state index contributed by atoms with van der Waals surface area (Å²) in [6.45, 7) is 12.7. The van der Waals surface area contributed by atoms with E-state index in [0.717, 1.165) is 44.7 Å². The number of rotatable bonds is 22. The van der Waals surface area contributed by atoms with Crippen LogP contribution in [0.1, 0.15) is 38.8 Å². The fraction of sp³-hybridized carbons (Fsp3) is 0.371. The maximum atomic E-state index is 15.1. The van der Waals surface area contributed by atoms with Gasteiger partial charge in [0.1, 0.15) is 84.5 Å². The Morgan fingerprint density at radius 2 is 0.800 bits per heavy atom. The van der Waals surface area contributed by atoms with E-state index in [4.69, 9.17) is 28.4 Å². The van der Waals surface area contributed by atoms with Gasteiger partial charge < -0.3 is 48.0 Å². The van der Waals surface area contributed by atoms with Crippen molar-refractivity contribution in [3.63, 3.8) is 0 Å². The van der Waals surface area contributed by atoms with E-state index in [9.17, 15) is 28.0 Å². The smallest absolute Gasteiger partial charge is 0.333 e. The first kappa shape index (κ1) is 66.7. The molecule has 6 atom stereocenters. The van der Waals surface area contributed by atoms with Crippen molar-refractivity contribution in [2.45, 2.75) is 89.0 Å². The summed E-state index contributed by atoms with van der Waals surface area (Å²) in [4.78, 5) is 78.7. The van der Waals surface area contributed by atoms with E-state index in [-0.39, 0.29) is 50.6 Å². The first-order valence-corrected chi connectivity index (χ1v) is 32.9. The Balaban J connectivity index is 0.550. The molecular formula is C70H72F4N16O10. The number of hydrogen-bond acceptors (Lipinski definition) is 20. The molecule has 6 aliphatic rings. The van der Waals surface area contributed by atoms with Crippen LogP contribution in [0.2, 0.25) is 0 Å². The van der Waals surface area contributed by atoms with Crippen molar-refractivity contribution < 1.29 is 65.2 Å². The van der Waals surface area contributed by atoms with Crippen LogP contribution in [0.15, 0.2) is 169 Å². The fourth-order valence-corrected chi connectivity index (χ4v) is 13.6. The number of carbonyl (C=O) groups excluding carboxylic acids is 4. The van der Waals surface area contributed by atoms with Gasteiger partial charge in [-0.3, -0.25) is 19.4 Å². The van der Waals surface area contributed by atoms with Crippen LogP contribution in [-0.4, -0.2) is 179 Å². The van der Waals surface area contributed by atoms with Crippen molar-refractivity contribution in [2.75, 3.05) is 108 Å². The summed E-state index contributed by atoms with van der Waals surface area (Å²) >= 11 is 0. The standard InChI is InChI=1S/C70H72F4N16O10/c1-45(2)87-63(65(91)89(67(87)93)53-11-7-49(8-12-53)81-25-29-83(30-26-81)51-15-19-55(20-16-51)95-35-61-97-39-69(99-61,37-85-43-75-41-77-85)57-23-5-47(71)33-59(57)73)79-80-64-66(92)90(68(94)88(64)46(3)4)54-13-9-50(10-14-54)82-27-31-84(32-28-82)52-17-21-56(22-18-52)96-36-62-98-40-70(100-62,38-86-44-76-42-78-86)58-24-6-48(72)34-60(58)74/h5-24,33-34,41-46,61-64H,25-32,35-40H2,1-4H3/b80-79+/t61-,62-,63?,64?,69+,70+/m0/s1. The molecule has 6 aliphatic heterocycles. The molecule has 0 bridgehead atoms. The molecule has 0 spiro atoms. The van der Waals surface area contributed by atoms with Crippen LogP contribution in [0.3, 0.4) is 0 Å². The summed E-state index contributed by atoms with van der Waals surface area (Å²) in [6.07, 6.45) is 1.17. The van der Waals surface area contributed by atoms with Crippen LogP contribution in [0.4, 0.5) is 61.3 Å². The molecule has 0 saturated carbocycles. The van der Waals surface area contributed by atoms with Gasteiger partial charge in [0.15, 0.2) is 12.6 Å². The Labute approximate surface area is 572 Å². The maximum absolute atomic E-state index is 15.1. The lowest BCUT2D eigenvalue weighted by Crippen LogP contribution is -2.46. The van der Waals surface area contributed by atoms with Crippen LogP contribution in [0.25, 0.3) is 0 Å². The highest BCUT2D eigenvalue weighted by atomic mass is 19.1.